The second-order valence-electron chi connectivity index (χ2n) is 5.86. The Bertz CT molecular complexity index is 407. The van der Waals surface area contributed by atoms with Gasteiger partial charge in [0.1, 0.15) is 5.82 Å². The van der Waals surface area contributed by atoms with Crippen LogP contribution in [0.15, 0.2) is 12.4 Å². The molecule has 0 aromatic carbocycles. The fourth-order valence-corrected chi connectivity index (χ4v) is 2.93. The van der Waals surface area contributed by atoms with E-state index in [9.17, 15) is 0 Å². The number of hydrogen-bond acceptors (Lipinski definition) is 4. The van der Waals surface area contributed by atoms with Gasteiger partial charge >= 0.3 is 0 Å². The van der Waals surface area contributed by atoms with Crippen molar-refractivity contribution in [2.24, 2.45) is 7.05 Å². The van der Waals surface area contributed by atoms with Crippen LogP contribution < -0.4 is 5.32 Å². The summed E-state index contributed by atoms with van der Waals surface area (Å²) in [7, 11) is 2.06. The topological polar surface area (TPSA) is 42.3 Å². The molecule has 1 aromatic rings. The lowest BCUT2D eigenvalue weighted by Crippen LogP contribution is -2.52. The van der Waals surface area contributed by atoms with Crippen LogP contribution in [0, 0.1) is 0 Å². The van der Waals surface area contributed by atoms with Crippen LogP contribution in [0.25, 0.3) is 0 Å². The first-order valence-electron chi connectivity index (χ1n) is 8.28. The maximum absolute atomic E-state index is 6.04. The first-order valence-corrected chi connectivity index (χ1v) is 8.28. The Morgan fingerprint density at radius 2 is 2.33 bits per heavy atom. The van der Waals surface area contributed by atoms with Gasteiger partial charge in [-0.1, -0.05) is 13.8 Å². The van der Waals surface area contributed by atoms with Crippen molar-refractivity contribution in [1.29, 1.82) is 0 Å². The Hall–Kier alpha value is -0.910. The molecule has 5 heteroatoms. The van der Waals surface area contributed by atoms with Crippen molar-refractivity contribution in [3.63, 3.8) is 0 Å². The molecule has 1 aliphatic rings. The summed E-state index contributed by atoms with van der Waals surface area (Å²) < 4.78 is 8.15. The smallest absolute Gasteiger partial charge is 0.108 e. The monoisotopic (exact) mass is 294 g/mol. The molecule has 0 aliphatic carbocycles. The van der Waals surface area contributed by atoms with E-state index in [4.69, 9.17) is 4.74 Å². The van der Waals surface area contributed by atoms with Crippen LogP contribution in [0.1, 0.15) is 32.5 Å². The van der Waals surface area contributed by atoms with Crippen molar-refractivity contribution in [2.75, 3.05) is 32.8 Å². The highest BCUT2D eigenvalue weighted by Gasteiger charge is 2.27. The first kappa shape index (κ1) is 16.5. The molecule has 2 atom stereocenters. The molecule has 1 saturated heterocycles. The zero-order valence-electron chi connectivity index (χ0n) is 13.7. The number of aromatic nitrogens is 2. The molecule has 120 valence electrons. The Labute approximate surface area is 128 Å². The van der Waals surface area contributed by atoms with Crippen LogP contribution in [-0.4, -0.2) is 59.4 Å². The van der Waals surface area contributed by atoms with Crippen molar-refractivity contribution in [3.8, 4) is 0 Å². The highest BCUT2D eigenvalue weighted by molar-refractivity contribution is 4.93. The lowest BCUT2D eigenvalue weighted by atomic mass is 10.0. The highest BCUT2D eigenvalue weighted by Crippen LogP contribution is 2.14. The van der Waals surface area contributed by atoms with Crippen molar-refractivity contribution in [1.82, 2.24) is 19.8 Å². The predicted octanol–water partition coefficient (Wildman–Crippen LogP) is 1.44. The SMILES string of the molecule is CCCNC(CCc1nccn1C)C1CN(CC)CCO1. The summed E-state index contributed by atoms with van der Waals surface area (Å²) in [4.78, 5) is 6.91. The fraction of sp³-hybridized carbons (Fsp3) is 0.812. The minimum atomic E-state index is 0.297. The average molecular weight is 294 g/mol. The highest BCUT2D eigenvalue weighted by atomic mass is 16.5. The van der Waals surface area contributed by atoms with Gasteiger partial charge in [-0.25, -0.2) is 4.98 Å². The van der Waals surface area contributed by atoms with E-state index < -0.39 is 0 Å². The molecule has 0 bridgehead atoms. The van der Waals surface area contributed by atoms with Gasteiger partial charge in [0.05, 0.1) is 12.7 Å². The molecule has 1 aromatic heterocycles. The minimum absolute atomic E-state index is 0.297. The molecule has 2 unspecified atom stereocenters. The number of hydrogen-bond donors (Lipinski definition) is 1. The average Bonchev–Trinajstić information content (AvgIpc) is 2.93. The number of aryl methyl sites for hydroxylation is 2. The van der Waals surface area contributed by atoms with Gasteiger partial charge in [0.25, 0.3) is 0 Å². The quantitative estimate of drug-likeness (QED) is 0.788. The Balaban J connectivity index is 1.91. The number of imidazole rings is 1. The van der Waals surface area contributed by atoms with E-state index >= 15 is 0 Å². The number of nitrogens with one attached hydrogen (secondary N) is 1. The predicted molar refractivity (Wildman–Crippen MR) is 85.5 cm³/mol. The third-order valence-corrected chi connectivity index (χ3v) is 4.33. The number of nitrogens with zero attached hydrogens (tertiary/aromatic N) is 3. The van der Waals surface area contributed by atoms with Crippen LogP contribution in [0.4, 0.5) is 0 Å². The van der Waals surface area contributed by atoms with E-state index in [-0.39, 0.29) is 0 Å². The molecular weight excluding hydrogens is 264 g/mol. The van der Waals surface area contributed by atoms with Gasteiger partial charge in [-0.3, -0.25) is 4.90 Å². The first-order chi connectivity index (χ1) is 10.2. The third-order valence-electron chi connectivity index (χ3n) is 4.33. The van der Waals surface area contributed by atoms with Crippen LogP contribution in [-0.2, 0) is 18.2 Å². The van der Waals surface area contributed by atoms with Crippen molar-refractivity contribution >= 4 is 0 Å². The molecule has 0 radical (unpaired) electrons. The van der Waals surface area contributed by atoms with Gasteiger partial charge in [0.15, 0.2) is 0 Å². The molecule has 2 heterocycles. The van der Waals surface area contributed by atoms with Crippen LogP contribution in [0.2, 0.25) is 0 Å². The molecule has 1 N–H and O–H groups in total. The zero-order chi connectivity index (χ0) is 15.1. The molecule has 1 aliphatic heterocycles. The summed E-state index contributed by atoms with van der Waals surface area (Å²) in [6.45, 7) is 9.56. The summed E-state index contributed by atoms with van der Waals surface area (Å²) in [5.41, 5.74) is 0. The van der Waals surface area contributed by atoms with Crippen molar-refractivity contribution < 1.29 is 4.74 Å². The van der Waals surface area contributed by atoms with Crippen LogP contribution >= 0.6 is 0 Å². The molecule has 5 nitrogen and oxygen atoms in total. The Morgan fingerprint density at radius 1 is 1.48 bits per heavy atom. The standard InChI is InChI=1S/C16H30N4O/c1-4-8-17-14(6-7-16-18-9-10-19(16)3)15-13-20(5-2)11-12-21-15/h9-10,14-15,17H,4-8,11-13H2,1-3H3. The molecular formula is C16H30N4O. The van der Waals surface area contributed by atoms with Crippen LogP contribution in [0.3, 0.4) is 0 Å². The maximum Gasteiger partial charge on any atom is 0.108 e. The van der Waals surface area contributed by atoms with E-state index in [0.29, 0.717) is 12.1 Å². The fourth-order valence-electron chi connectivity index (χ4n) is 2.93. The molecule has 0 saturated carbocycles. The van der Waals surface area contributed by atoms with Crippen LogP contribution in [0.5, 0.6) is 0 Å². The molecule has 0 amide bonds. The van der Waals surface area contributed by atoms with Gasteiger partial charge in [-0.2, -0.15) is 0 Å². The number of rotatable bonds is 8. The Kier molecular flexibility index (Phi) is 6.67. The molecule has 0 spiro atoms. The van der Waals surface area contributed by atoms with E-state index in [1.165, 1.54) is 0 Å². The van der Waals surface area contributed by atoms with Gasteiger partial charge in [-0.15, -0.1) is 0 Å². The minimum Gasteiger partial charge on any atom is -0.374 e. The lowest BCUT2D eigenvalue weighted by molar-refractivity contribution is -0.0461. The summed E-state index contributed by atoms with van der Waals surface area (Å²) in [5.74, 6) is 1.15. The third kappa shape index (κ3) is 4.80. The Morgan fingerprint density at radius 3 is 3.00 bits per heavy atom. The van der Waals surface area contributed by atoms with E-state index in [1.54, 1.807) is 0 Å². The number of morpholine rings is 1. The van der Waals surface area contributed by atoms with Gasteiger partial charge in [0.2, 0.25) is 0 Å². The summed E-state index contributed by atoms with van der Waals surface area (Å²) in [6, 6.07) is 0.413. The van der Waals surface area contributed by atoms with Gasteiger partial charge in [0, 0.05) is 45.0 Å². The van der Waals surface area contributed by atoms with Crippen molar-refractivity contribution in [3.05, 3.63) is 18.2 Å². The maximum atomic E-state index is 6.04. The second kappa shape index (κ2) is 8.51. The number of likely N-dealkylation sites (N-methyl/N-ethyl adjacent to an activating group) is 1. The van der Waals surface area contributed by atoms with Crippen molar-refractivity contribution in [2.45, 2.75) is 45.3 Å². The molecule has 21 heavy (non-hydrogen) atoms. The lowest BCUT2D eigenvalue weighted by Gasteiger charge is -2.37. The molecule has 2 rings (SSSR count). The number of ether oxygens (including phenoxy) is 1. The summed E-state index contributed by atoms with van der Waals surface area (Å²) in [5, 5.41) is 3.68. The second-order valence-corrected chi connectivity index (χ2v) is 5.86. The van der Waals surface area contributed by atoms with E-state index in [1.807, 2.05) is 12.4 Å². The normalized spacial score (nSPS) is 21.6. The molecule has 1 fully saturated rings. The largest absolute Gasteiger partial charge is 0.374 e. The zero-order valence-corrected chi connectivity index (χ0v) is 13.7. The summed E-state index contributed by atoms with van der Waals surface area (Å²) in [6.07, 6.45) is 7.41. The van der Waals surface area contributed by atoms with E-state index in [0.717, 1.165) is 57.9 Å². The van der Waals surface area contributed by atoms with E-state index in [2.05, 4.69) is 40.7 Å². The summed E-state index contributed by atoms with van der Waals surface area (Å²) >= 11 is 0. The van der Waals surface area contributed by atoms with Gasteiger partial charge in [-0.05, 0) is 25.9 Å². The van der Waals surface area contributed by atoms with Gasteiger partial charge < -0.3 is 14.6 Å².